The predicted octanol–water partition coefficient (Wildman–Crippen LogP) is 1.89. The van der Waals surface area contributed by atoms with Gasteiger partial charge in [-0.2, -0.15) is 0 Å². The van der Waals surface area contributed by atoms with Crippen molar-refractivity contribution in [3.63, 3.8) is 0 Å². The van der Waals surface area contributed by atoms with Crippen molar-refractivity contribution in [3.05, 3.63) is 22.4 Å². The molecule has 1 aliphatic heterocycles. The monoisotopic (exact) mass is 368 g/mol. The van der Waals surface area contributed by atoms with Gasteiger partial charge in [-0.25, -0.2) is 0 Å². The lowest BCUT2D eigenvalue weighted by Crippen LogP contribution is -3.15. The molecule has 1 aromatic heterocycles. The van der Waals surface area contributed by atoms with Crippen LogP contribution in [-0.4, -0.2) is 43.5 Å². The largest absolute Gasteiger partial charge is 0.370 e. The molecule has 4 nitrogen and oxygen atoms in total. The maximum Gasteiger partial charge on any atom is 0.166 e. The van der Waals surface area contributed by atoms with Gasteiger partial charge in [-0.05, 0) is 43.4 Å². The molecule has 0 aromatic carbocycles. The number of quaternary nitrogens is 1. The molecule has 2 heterocycles. The van der Waals surface area contributed by atoms with Gasteiger partial charge in [0.1, 0.15) is 19.1 Å². The van der Waals surface area contributed by atoms with Crippen molar-refractivity contribution in [3.8, 4) is 0 Å². The molecule has 2 atom stereocenters. The fraction of sp³-hybridized carbons (Fsp3) is 0.722. The van der Waals surface area contributed by atoms with Gasteiger partial charge in [0.25, 0.3) is 0 Å². The summed E-state index contributed by atoms with van der Waals surface area (Å²) in [5.74, 6) is 0. The van der Waals surface area contributed by atoms with E-state index in [4.69, 9.17) is 17.0 Å². The minimum atomic E-state index is 0.306. The number of thiophene rings is 1. The first-order valence-corrected chi connectivity index (χ1v) is 10.6. The molecule has 0 bridgehead atoms. The maximum atomic E-state index is 5.61. The Labute approximate surface area is 155 Å². The second-order valence-electron chi connectivity index (χ2n) is 7.01. The number of hydrogen-bond acceptors (Lipinski definition) is 3. The molecule has 134 valence electrons. The van der Waals surface area contributed by atoms with Crippen LogP contribution in [0.1, 0.15) is 49.9 Å². The van der Waals surface area contributed by atoms with Crippen LogP contribution in [-0.2, 0) is 4.74 Å². The molecule has 1 aromatic rings. The zero-order valence-electron chi connectivity index (χ0n) is 14.6. The Morgan fingerprint density at radius 2 is 2.04 bits per heavy atom. The summed E-state index contributed by atoms with van der Waals surface area (Å²) in [6.45, 7) is 6.11. The molecule has 0 amide bonds. The number of hydrogen-bond donors (Lipinski definition) is 3. The van der Waals surface area contributed by atoms with Crippen molar-refractivity contribution in [1.82, 2.24) is 10.6 Å². The molecule has 1 saturated carbocycles. The third-order valence-electron chi connectivity index (χ3n) is 5.22. The van der Waals surface area contributed by atoms with Crippen LogP contribution in [0.2, 0.25) is 0 Å². The smallest absolute Gasteiger partial charge is 0.166 e. The van der Waals surface area contributed by atoms with Gasteiger partial charge in [0.2, 0.25) is 0 Å². The van der Waals surface area contributed by atoms with Gasteiger partial charge in [-0.15, -0.1) is 11.3 Å². The van der Waals surface area contributed by atoms with Gasteiger partial charge in [-0.3, -0.25) is 0 Å². The molecule has 24 heavy (non-hydrogen) atoms. The summed E-state index contributed by atoms with van der Waals surface area (Å²) < 4.78 is 5.55. The first kappa shape index (κ1) is 18.1. The number of rotatable bonds is 5. The highest BCUT2D eigenvalue weighted by atomic mass is 32.1. The zero-order chi connectivity index (χ0) is 16.8. The SMILES string of the molecule is C[C@@H](NC(=S)NC1CCCCC1)[C@@H](c1cccs1)[NH+]1CCOCC1. The van der Waals surface area contributed by atoms with Gasteiger partial charge in [-0.1, -0.05) is 25.3 Å². The van der Waals surface area contributed by atoms with Crippen LogP contribution in [0.5, 0.6) is 0 Å². The highest BCUT2D eigenvalue weighted by Crippen LogP contribution is 2.20. The van der Waals surface area contributed by atoms with Crippen molar-refractivity contribution in [1.29, 1.82) is 0 Å². The second-order valence-corrected chi connectivity index (χ2v) is 8.39. The molecular formula is C18H30N3OS2+. The fourth-order valence-electron chi connectivity index (χ4n) is 3.98. The van der Waals surface area contributed by atoms with Crippen LogP contribution in [0.25, 0.3) is 0 Å². The number of nitrogens with one attached hydrogen (secondary N) is 3. The van der Waals surface area contributed by atoms with E-state index < -0.39 is 0 Å². The number of ether oxygens (including phenoxy) is 1. The van der Waals surface area contributed by atoms with E-state index in [0.717, 1.165) is 31.4 Å². The van der Waals surface area contributed by atoms with Gasteiger partial charge < -0.3 is 20.3 Å². The Hall–Kier alpha value is -0.690. The molecule has 0 unspecified atom stereocenters. The number of morpholine rings is 1. The lowest BCUT2D eigenvalue weighted by atomic mass is 9.96. The molecule has 2 fully saturated rings. The van der Waals surface area contributed by atoms with E-state index in [1.807, 2.05) is 11.3 Å². The van der Waals surface area contributed by atoms with E-state index in [2.05, 4.69) is 35.1 Å². The average molecular weight is 369 g/mol. The molecule has 3 N–H and O–H groups in total. The van der Waals surface area contributed by atoms with Crippen LogP contribution < -0.4 is 15.5 Å². The Morgan fingerprint density at radius 1 is 1.29 bits per heavy atom. The Balaban J connectivity index is 1.60. The summed E-state index contributed by atoms with van der Waals surface area (Å²) in [6.07, 6.45) is 6.52. The minimum absolute atomic E-state index is 0.306. The quantitative estimate of drug-likeness (QED) is 0.694. The Kier molecular flexibility index (Phi) is 6.89. The van der Waals surface area contributed by atoms with Gasteiger partial charge >= 0.3 is 0 Å². The van der Waals surface area contributed by atoms with Gasteiger partial charge in [0.15, 0.2) is 5.11 Å². The molecular weight excluding hydrogens is 338 g/mol. The normalized spacial score (nSPS) is 22.7. The van der Waals surface area contributed by atoms with E-state index >= 15 is 0 Å². The zero-order valence-corrected chi connectivity index (χ0v) is 16.2. The van der Waals surface area contributed by atoms with E-state index in [0.29, 0.717) is 18.1 Å². The van der Waals surface area contributed by atoms with Crippen molar-refractivity contribution < 1.29 is 9.64 Å². The van der Waals surface area contributed by atoms with Crippen LogP contribution in [0.3, 0.4) is 0 Å². The van der Waals surface area contributed by atoms with Crippen LogP contribution in [0.4, 0.5) is 0 Å². The third-order valence-corrected chi connectivity index (χ3v) is 6.41. The minimum Gasteiger partial charge on any atom is -0.370 e. The topological polar surface area (TPSA) is 37.7 Å². The van der Waals surface area contributed by atoms with Crippen LogP contribution >= 0.6 is 23.6 Å². The first-order valence-electron chi connectivity index (χ1n) is 9.27. The predicted molar refractivity (Wildman–Crippen MR) is 104 cm³/mol. The van der Waals surface area contributed by atoms with Crippen LogP contribution in [0.15, 0.2) is 17.5 Å². The lowest BCUT2D eigenvalue weighted by molar-refractivity contribution is -0.939. The second kappa shape index (κ2) is 9.13. The Morgan fingerprint density at radius 3 is 2.71 bits per heavy atom. The van der Waals surface area contributed by atoms with Crippen molar-refractivity contribution >= 4 is 28.7 Å². The van der Waals surface area contributed by atoms with E-state index in [9.17, 15) is 0 Å². The maximum absolute atomic E-state index is 5.61. The summed E-state index contributed by atoms with van der Waals surface area (Å²) in [5, 5.41) is 10.1. The Bertz CT molecular complexity index is 496. The molecule has 1 aliphatic carbocycles. The highest BCUT2D eigenvalue weighted by molar-refractivity contribution is 7.80. The molecule has 0 spiro atoms. The molecule has 0 radical (unpaired) electrons. The molecule has 6 heteroatoms. The van der Waals surface area contributed by atoms with E-state index in [-0.39, 0.29) is 0 Å². The van der Waals surface area contributed by atoms with Gasteiger partial charge in [0.05, 0.1) is 24.1 Å². The first-order chi connectivity index (χ1) is 11.7. The summed E-state index contributed by atoms with van der Waals surface area (Å²) >= 11 is 7.46. The summed E-state index contributed by atoms with van der Waals surface area (Å²) in [4.78, 5) is 3.04. The van der Waals surface area contributed by atoms with Crippen molar-refractivity contribution in [2.75, 3.05) is 26.3 Å². The van der Waals surface area contributed by atoms with E-state index in [1.54, 1.807) is 4.90 Å². The molecule has 3 rings (SSSR count). The highest BCUT2D eigenvalue weighted by Gasteiger charge is 2.32. The summed E-state index contributed by atoms with van der Waals surface area (Å²) in [6, 6.07) is 5.70. The molecule has 1 saturated heterocycles. The van der Waals surface area contributed by atoms with E-state index in [1.165, 1.54) is 37.0 Å². The lowest BCUT2D eigenvalue weighted by Gasteiger charge is -2.35. The number of thiocarbonyl (C=S) groups is 1. The van der Waals surface area contributed by atoms with Crippen molar-refractivity contribution in [2.24, 2.45) is 0 Å². The standard InChI is InChI=1S/C18H29N3OS2/c1-14(19-18(23)20-15-6-3-2-4-7-15)17(16-8-5-13-24-16)21-9-11-22-12-10-21/h5,8,13-15,17H,2-4,6-7,9-12H2,1H3,(H2,19,20,23)/p+1/t14-,17+/m1/s1. The molecule has 2 aliphatic rings. The average Bonchev–Trinajstić information content (AvgIpc) is 3.11. The summed E-state index contributed by atoms with van der Waals surface area (Å²) in [7, 11) is 0. The third kappa shape index (κ3) is 4.91. The fourth-order valence-corrected chi connectivity index (χ4v) is 5.32. The van der Waals surface area contributed by atoms with Gasteiger partial charge in [0, 0.05) is 6.04 Å². The van der Waals surface area contributed by atoms with Crippen LogP contribution in [0, 0.1) is 0 Å². The summed E-state index contributed by atoms with van der Waals surface area (Å²) in [5.41, 5.74) is 0. The van der Waals surface area contributed by atoms with Crippen molar-refractivity contribution in [2.45, 2.75) is 57.2 Å².